The molecule has 1 heteroatoms. The molecule has 9 aromatic carbocycles. The molecule has 0 fully saturated rings. The summed E-state index contributed by atoms with van der Waals surface area (Å²) in [5, 5.41) is 7.43. The van der Waals surface area contributed by atoms with Gasteiger partial charge in [0.15, 0.2) is 0 Å². The lowest BCUT2D eigenvalue weighted by Gasteiger charge is -2.27. The first-order valence-corrected chi connectivity index (χ1v) is 16.8. The van der Waals surface area contributed by atoms with Crippen molar-refractivity contribution in [3.05, 3.63) is 200 Å². The third kappa shape index (κ3) is 5.42. The van der Waals surface area contributed by atoms with E-state index in [9.17, 15) is 0 Å². The largest absolute Gasteiger partial charge is 0.310 e. The van der Waals surface area contributed by atoms with Crippen LogP contribution in [0.5, 0.6) is 0 Å². The molecule has 0 aliphatic heterocycles. The molecule has 0 aliphatic rings. The van der Waals surface area contributed by atoms with Crippen molar-refractivity contribution < 1.29 is 0 Å². The second-order valence-electron chi connectivity index (χ2n) is 12.6. The van der Waals surface area contributed by atoms with E-state index in [-0.39, 0.29) is 0 Å². The fraction of sp³-hybridized carbons (Fsp3) is 0. The molecule has 0 saturated heterocycles. The van der Waals surface area contributed by atoms with E-state index in [2.05, 4.69) is 205 Å². The molecule has 1 nitrogen and oxygen atoms in total. The Bertz CT molecular complexity index is 2590. The zero-order chi connectivity index (χ0) is 32.6. The number of anilines is 3. The molecule has 0 heterocycles. The van der Waals surface area contributed by atoms with Gasteiger partial charge >= 0.3 is 0 Å². The number of benzene rings is 9. The van der Waals surface area contributed by atoms with Crippen LogP contribution in [-0.2, 0) is 0 Å². The molecule has 0 radical (unpaired) electrons. The lowest BCUT2D eigenvalue weighted by Crippen LogP contribution is -2.10. The van der Waals surface area contributed by atoms with E-state index in [1.54, 1.807) is 0 Å². The fourth-order valence-corrected chi connectivity index (χ4v) is 7.16. The predicted molar refractivity (Wildman–Crippen MR) is 210 cm³/mol. The van der Waals surface area contributed by atoms with Crippen molar-refractivity contribution in [2.75, 3.05) is 4.90 Å². The van der Waals surface area contributed by atoms with Crippen LogP contribution in [0, 0.1) is 0 Å². The summed E-state index contributed by atoms with van der Waals surface area (Å²) in [6, 6.07) is 72.5. The van der Waals surface area contributed by atoms with Gasteiger partial charge in [-0.05, 0) is 103 Å². The fourth-order valence-electron chi connectivity index (χ4n) is 7.16. The van der Waals surface area contributed by atoms with E-state index in [0.717, 1.165) is 17.1 Å². The second-order valence-corrected chi connectivity index (χ2v) is 12.6. The number of hydrogen-bond donors (Lipinski definition) is 0. The molecule has 0 atom stereocenters. The van der Waals surface area contributed by atoms with E-state index < -0.39 is 0 Å². The van der Waals surface area contributed by atoms with Crippen molar-refractivity contribution in [1.29, 1.82) is 0 Å². The Kier molecular flexibility index (Phi) is 7.22. The molecule has 0 spiro atoms. The van der Waals surface area contributed by atoms with Crippen molar-refractivity contribution in [3.63, 3.8) is 0 Å². The summed E-state index contributed by atoms with van der Waals surface area (Å²) < 4.78 is 0. The first kappa shape index (κ1) is 28.8. The van der Waals surface area contributed by atoms with Crippen LogP contribution < -0.4 is 4.90 Å². The molecule has 9 rings (SSSR count). The third-order valence-corrected chi connectivity index (χ3v) is 9.62. The molecule has 0 N–H and O–H groups in total. The van der Waals surface area contributed by atoms with Gasteiger partial charge in [-0.1, -0.05) is 158 Å². The molecule has 9 aromatic rings. The van der Waals surface area contributed by atoms with Crippen molar-refractivity contribution >= 4 is 49.4 Å². The zero-order valence-corrected chi connectivity index (χ0v) is 27.0. The minimum Gasteiger partial charge on any atom is -0.310 e. The van der Waals surface area contributed by atoms with Gasteiger partial charge in [0.25, 0.3) is 0 Å². The molecule has 49 heavy (non-hydrogen) atoms. The molecule has 0 bridgehead atoms. The van der Waals surface area contributed by atoms with Crippen LogP contribution in [0.1, 0.15) is 0 Å². The summed E-state index contributed by atoms with van der Waals surface area (Å²) in [5.41, 5.74) is 10.7. The Morgan fingerprint density at radius 3 is 1.59 bits per heavy atom. The minimum atomic E-state index is 1.11. The maximum absolute atomic E-state index is 2.40. The summed E-state index contributed by atoms with van der Waals surface area (Å²) in [6.07, 6.45) is 0. The molecule has 230 valence electrons. The normalized spacial score (nSPS) is 11.3. The molecular formula is C48H33N. The molecule has 0 amide bonds. The molecular weight excluding hydrogens is 591 g/mol. The molecule has 0 aliphatic carbocycles. The van der Waals surface area contributed by atoms with Crippen molar-refractivity contribution in [2.45, 2.75) is 0 Å². The van der Waals surface area contributed by atoms with E-state index >= 15 is 0 Å². The first-order valence-electron chi connectivity index (χ1n) is 16.8. The van der Waals surface area contributed by atoms with Crippen LogP contribution >= 0.6 is 0 Å². The van der Waals surface area contributed by atoms with Crippen LogP contribution in [0.25, 0.3) is 65.7 Å². The Morgan fingerprint density at radius 2 is 0.816 bits per heavy atom. The Hall–Kier alpha value is -6.44. The highest BCUT2D eigenvalue weighted by Gasteiger charge is 2.17. The van der Waals surface area contributed by atoms with Gasteiger partial charge in [-0.25, -0.2) is 0 Å². The van der Waals surface area contributed by atoms with Crippen LogP contribution in [0.15, 0.2) is 200 Å². The highest BCUT2D eigenvalue weighted by molar-refractivity contribution is 6.00. The third-order valence-electron chi connectivity index (χ3n) is 9.62. The van der Waals surface area contributed by atoms with Gasteiger partial charge in [-0.2, -0.15) is 0 Å². The van der Waals surface area contributed by atoms with Crippen molar-refractivity contribution in [3.8, 4) is 33.4 Å². The monoisotopic (exact) mass is 623 g/mol. The predicted octanol–water partition coefficient (Wildman–Crippen LogP) is 13.6. The smallest absolute Gasteiger partial charge is 0.0540 e. The van der Waals surface area contributed by atoms with Gasteiger partial charge in [0, 0.05) is 16.8 Å². The van der Waals surface area contributed by atoms with Gasteiger partial charge in [-0.15, -0.1) is 0 Å². The van der Waals surface area contributed by atoms with Gasteiger partial charge in [0.1, 0.15) is 0 Å². The summed E-state index contributed by atoms with van der Waals surface area (Å²) >= 11 is 0. The lowest BCUT2D eigenvalue weighted by atomic mass is 9.97. The molecule has 0 aromatic heterocycles. The SMILES string of the molecule is c1ccc(-c2ccc3ccc(-c4cccc(N(c5ccc(-c6cccc7ccccc67)cc5)c5cccc6ccccc56)c4)cc3c2)cc1. The molecule has 0 saturated carbocycles. The standard InChI is InChI=1S/C48H33N/c1-2-11-34(12-3-1)40-25-23-35-24-26-41(32-42(35)31-40)39-17-8-18-44(33-39)49(48-22-10-16-37-14-5-7-20-47(37)48)43-29-27-38(28-30-43)46-21-9-15-36-13-4-6-19-45(36)46/h1-33H. The Balaban J connectivity index is 1.16. The average molecular weight is 624 g/mol. The number of hydrogen-bond acceptors (Lipinski definition) is 1. The quantitative estimate of drug-likeness (QED) is 0.178. The van der Waals surface area contributed by atoms with Crippen LogP contribution in [-0.4, -0.2) is 0 Å². The average Bonchev–Trinajstić information content (AvgIpc) is 3.18. The minimum absolute atomic E-state index is 1.11. The second kappa shape index (κ2) is 12.3. The Morgan fingerprint density at radius 1 is 0.265 bits per heavy atom. The summed E-state index contributed by atoms with van der Waals surface area (Å²) in [5.74, 6) is 0. The zero-order valence-electron chi connectivity index (χ0n) is 27.0. The summed E-state index contributed by atoms with van der Waals surface area (Å²) in [6.45, 7) is 0. The maximum Gasteiger partial charge on any atom is 0.0540 e. The number of nitrogens with zero attached hydrogens (tertiary/aromatic N) is 1. The maximum atomic E-state index is 2.40. The highest BCUT2D eigenvalue weighted by atomic mass is 15.1. The van der Waals surface area contributed by atoms with Crippen LogP contribution in [0.2, 0.25) is 0 Å². The van der Waals surface area contributed by atoms with Crippen LogP contribution in [0.3, 0.4) is 0 Å². The van der Waals surface area contributed by atoms with Crippen molar-refractivity contribution in [1.82, 2.24) is 0 Å². The number of fused-ring (bicyclic) bond motifs is 3. The van der Waals surface area contributed by atoms with E-state index in [1.165, 1.54) is 65.7 Å². The highest BCUT2D eigenvalue weighted by Crippen LogP contribution is 2.41. The van der Waals surface area contributed by atoms with Gasteiger partial charge < -0.3 is 4.90 Å². The topological polar surface area (TPSA) is 3.24 Å². The van der Waals surface area contributed by atoms with E-state index in [1.807, 2.05) is 0 Å². The van der Waals surface area contributed by atoms with Crippen molar-refractivity contribution in [2.24, 2.45) is 0 Å². The van der Waals surface area contributed by atoms with E-state index in [0.29, 0.717) is 0 Å². The Labute approximate surface area is 287 Å². The van der Waals surface area contributed by atoms with Crippen LogP contribution in [0.4, 0.5) is 17.1 Å². The van der Waals surface area contributed by atoms with E-state index in [4.69, 9.17) is 0 Å². The van der Waals surface area contributed by atoms with Gasteiger partial charge in [0.05, 0.1) is 5.69 Å². The van der Waals surface area contributed by atoms with Gasteiger partial charge in [-0.3, -0.25) is 0 Å². The van der Waals surface area contributed by atoms with Gasteiger partial charge in [0.2, 0.25) is 0 Å². The first-order chi connectivity index (χ1) is 24.3. The number of rotatable bonds is 6. The summed E-state index contributed by atoms with van der Waals surface area (Å²) in [7, 11) is 0. The summed E-state index contributed by atoms with van der Waals surface area (Å²) in [4.78, 5) is 2.40. The lowest BCUT2D eigenvalue weighted by molar-refractivity contribution is 1.30. The molecule has 0 unspecified atom stereocenters.